The van der Waals surface area contributed by atoms with Crippen molar-refractivity contribution in [1.82, 2.24) is 0 Å². The maximum absolute atomic E-state index is 5.54. The normalized spacial score (nSPS) is 17.4. The number of hydrogen-bond donors (Lipinski definition) is 1. The summed E-state index contributed by atoms with van der Waals surface area (Å²) in [7, 11) is 1.72. The summed E-state index contributed by atoms with van der Waals surface area (Å²) in [4.78, 5) is 0. The van der Waals surface area contributed by atoms with Gasteiger partial charge < -0.3 is 10.5 Å². The zero-order valence-corrected chi connectivity index (χ0v) is 7.48. The van der Waals surface area contributed by atoms with Gasteiger partial charge in [0.15, 0.2) is 0 Å². The van der Waals surface area contributed by atoms with Crippen molar-refractivity contribution in [2.45, 2.75) is 32.8 Å². The molecule has 2 N–H and O–H groups in total. The van der Waals surface area contributed by atoms with Gasteiger partial charge in [0.2, 0.25) is 0 Å². The summed E-state index contributed by atoms with van der Waals surface area (Å²) in [6, 6.07) is 0. The lowest BCUT2D eigenvalue weighted by Crippen LogP contribution is -2.37. The highest BCUT2D eigenvalue weighted by Crippen LogP contribution is 2.18. The van der Waals surface area contributed by atoms with Crippen molar-refractivity contribution >= 4 is 0 Å². The van der Waals surface area contributed by atoms with Crippen molar-refractivity contribution in [3.8, 4) is 0 Å². The fourth-order valence-corrected chi connectivity index (χ4v) is 1.11. The van der Waals surface area contributed by atoms with Crippen molar-refractivity contribution in [1.29, 1.82) is 0 Å². The summed E-state index contributed by atoms with van der Waals surface area (Å²) in [6.07, 6.45) is 1.03. The molecule has 0 aliphatic carbocycles. The van der Waals surface area contributed by atoms with Gasteiger partial charge in [0, 0.05) is 13.7 Å². The van der Waals surface area contributed by atoms with E-state index in [0.717, 1.165) is 6.42 Å². The van der Waals surface area contributed by atoms with E-state index in [9.17, 15) is 0 Å². The van der Waals surface area contributed by atoms with E-state index in [4.69, 9.17) is 10.5 Å². The smallest absolute Gasteiger partial charge is 0.0774 e. The highest BCUT2D eigenvalue weighted by atomic mass is 16.5. The van der Waals surface area contributed by atoms with Crippen LogP contribution in [0.1, 0.15) is 27.2 Å². The van der Waals surface area contributed by atoms with Gasteiger partial charge in [0.25, 0.3) is 0 Å². The standard InChI is InChI=1S/C8H19NO/c1-7(2)5-8(3,6-9)10-4/h7H,5-6,9H2,1-4H3/t8-/m0/s1. The molecule has 0 fully saturated rings. The zero-order chi connectivity index (χ0) is 8.20. The Bertz CT molecular complexity index is 87.3. The molecule has 1 atom stereocenters. The second-order valence-corrected chi connectivity index (χ2v) is 3.46. The van der Waals surface area contributed by atoms with Gasteiger partial charge in [-0.15, -0.1) is 0 Å². The SMILES string of the molecule is CO[C@](C)(CN)CC(C)C. The van der Waals surface area contributed by atoms with Gasteiger partial charge in [0.05, 0.1) is 5.60 Å². The molecule has 2 nitrogen and oxygen atoms in total. The van der Waals surface area contributed by atoms with Crippen molar-refractivity contribution in [3.05, 3.63) is 0 Å². The van der Waals surface area contributed by atoms with Crippen LogP contribution < -0.4 is 5.73 Å². The van der Waals surface area contributed by atoms with E-state index in [2.05, 4.69) is 13.8 Å². The van der Waals surface area contributed by atoms with Gasteiger partial charge >= 0.3 is 0 Å². The minimum absolute atomic E-state index is 0.117. The third-order valence-electron chi connectivity index (χ3n) is 1.76. The number of ether oxygens (including phenoxy) is 1. The molecule has 0 aromatic rings. The molecule has 2 heteroatoms. The van der Waals surface area contributed by atoms with Crippen LogP contribution in [-0.4, -0.2) is 19.3 Å². The maximum Gasteiger partial charge on any atom is 0.0774 e. The van der Waals surface area contributed by atoms with Crippen LogP contribution in [0.3, 0.4) is 0 Å². The van der Waals surface area contributed by atoms with Crippen LogP contribution in [0.2, 0.25) is 0 Å². The highest BCUT2D eigenvalue weighted by Gasteiger charge is 2.22. The average Bonchev–Trinajstić information content (AvgIpc) is 1.87. The molecule has 0 saturated heterocycles. The van der Waals surface area contributed by atoms with E-state index in [-0.39, 0.29) is 5.60 Å². The number of hydrogen-bond acceptors (Lipinski definition) is 2. The predicted octanol–water partition coefficient (Wildman–Crippen LogP) is 1.40. The first-order valence-corrected chi connectivity index (χ1v) is 3.79. The highest BCUT2D eigenvalue weighted by molar-refractivity contribution is 4.76. The Hall–Kier alpha value is -0.0800. The van der Waals surface area contributed by atoms with Gasteiger partial charge in [-0.3, -0.25) is 0 Å². The molecule has 0 radical (unpaired) electrons. The van der Waals surface area contributed by atoms with Crippen LogP contribution in [0, 0.1) is 5.92 Å². The Morgan fingerprint density at radius 1 is 1.50 bits per heavy atom. The van der Waals surface area contributed by atoms with Gasteiger partial charge in [-0.05, 0) is 19.3 Å². The second-order valence-electron chi connectivity index (χ2n) is 3.46. The minimum Gasteiger partial charge on any atom is -0.377 e. The Kier molecular flexibility index (Phi) is 3.91. The van der Waals surface area contributed by atoms with Crippen molar-refractivity contribution in [2.75, 3.05) is 13.7 Å². The molecule has 0 aliphatic heterocycles. The zero-order valence-electron chi connectivity index (χ0n) is 7.48. The van der Waals surface area contributed by atoms with Crippen molar-refractivity contribution in [2.24, 2.45) is 11.7 Å². The average molecular weight is 145 g/mol. The molecule has 0 spiro atoms. The molecule has 62 valence electrons. The molecule has 0 bridgehead atoms. The van der Waals surface area contributed by atoms with Gasteiger partial charge in [-0.1, -0.05) is 13.8 Å². The summed E-state index contributed by atoms with van der Waals surface area (Å²) < 4.78 is 5.27. The van der Waals surface area contributed by atoms with Crippen LogP contribution in [0.25, 0.3) is 0 Å². The quantitative estimate of drug-likeness (QED) is 0.649. The number of rotatable bonds is 4. The van der Waals surface area contributed by atoms with E-state index < -0.39 is 0 Å². The topological polar surface area (TPSA) is 35.2 Å². The number of nitrogens with two attached hydrogens (primary N) is 1. The predicted molar refractivity (Wildman–Crippen MR) is 43.9 cm³/mol. The molecular formula is C8H19NO. The largest absolute Gasteiger partial charge is 0.377 e. The first kappa shape index (κ1) is 9.92. The molecule has 0 heterocycles. The third-order valence-corrected chi connectivity index (χ3v) is 1.76. The third kappa shape index (κ3) is 3.18. The van der Waals surface area contributed by atoms with Gasteiger partial charge in [0.1, 0.15) is 0 Å². The monoisotopic (exact) mass is 145 g/mol. The molecule has 10 heavy (non-hydrogen) atoms. The summed E-state index contributed by atoms with van der Waals surface area (Å²) in [5.74, 6) is 0.647. The van der Waals surface area contributed by atoms with Gasteiger partial charge in [-0.2, -0.15) is 0 Å². The van der Waals surface area contributed by atoms with Crippen LogP contribution in [-0.2, 0) is 4.74 Å². The summed E-state index contributed by atoms with van der Waals surface area (Å²) in [5, 5.41) is 0. The van der Waals surface area contributed by atoms with Crippen LogP contribution >= 0.6 is 0 Å². The molecule has 0 saturated carbocycles. The van der Waals surface area contributed by atoms with Crippen molar-refractivity contribution < 1.29 is 4.74 Å². The summed E-state index contributed by atoms with van der Waals surface area (Å²) in [6.45, 7) is 6.99. The Labute approximate surface area is 63.7 Å². The Balaban J connectivity index is 3.80. The Morgan fingerprint density at radius 3 is 2.10 bits per heavy atom. The molecule has 0 aromatic heterocycles. The van der Waals surface area contributed by atoms with E-state index in [1.54, 1.807) is 7.11 Å². The summed E-state index contributed by atoms with van der Waals surface area (Å²) >= 11 is 0. The number of methoxy groups -OCH3 is 1. The van der Waals surface area contributed by atoms with Crippen LogP contribution in [0.15, 0.2) is 0 Å². The van der Waals surface area contributed by atoms with Crippen LogP contribution in [0.4, 0.5) is 0 Å². The maximum atomic E-state index is 5.54. The van der Waals surface area contributed by atoms with E-state index in [1.165, 1.54) is 0 Å². The lowest BCUT2D eigenvalue weighted by atomic mass is 9.94. The first-order valence-electron chi connectivity index (χ1n) is 3.79. The molecular weight excluding hydrogens is 126 g/mol. The van der Waals surface area contributed by atoms with E-state index in [1.807, 2.05) is 6.92 Å². The molecule has 0 aromatic carbocycles. The molecule has 0 unspecified atom stereocenters. The minimum atomic E-state index is -0.117. The van der Waals surface area contributed by atoms with E-state index in [0.29, 0.717) is 12.5 Å². The van der Waals surface area contributed by atoms with Crippen molar-refractivity contribution in [3.63, 3.8) is 0 Å². The fraction of sp³-hybridized carbons (Fsp3) is 1.00. The Morgan fingerprint density at radius 2 is 2.00 bits per heavy atom. The summed E-state index contributed by atoms with van der Waals surface area (Å²) in [5.41, 5.74) is 5.42. The lowest BCUT2D eigenvalue weighted by molar-refractivity contribution is -0.00279. The molecule has 0 amide bonds. The van der Waals surface area contributed by atoms with Crippen LogP contribution in [0.5, 0.6) is 0 Å². The lowest BCUT2D eigenvalue weighted by Gasteiger charge is -2.27. The van der Waals surface area contributed by atoms with Gasteiger partial charge in [-0.25, -0.2) is 0 Å². The fourth-order valence-electron chi connectivity index (χ4n) is 1.11. The second kappa shape index (κ2) is 3.94. The molecule has 0 rings (SSSR count). The first-order chi connectivity index (χ1) is 4.54. The van der Waals surface area contributed by atoms with E-state index >= 15 is 0 Å². The molecule has 0 aliphatic rings.